The zero-order valence-electron chi connectivity index (χ0n) is 35.4. The smallest absolute Gasteiger partial charge is 0.298 e. The van der Waals surface area contributed by atoms with Crippen LogP contribution in [0.1, 0.15) is 84.7 Å². The standard InChI is InChI=1S/C52H45BN6/c1-26-11-14-35-31(21-26)29-17-19-54-48-43(29)58(35)46-40-33-23-28(51(5,6)7)13-16-37(33)57-38-25-56-39(52(8,9)10)24-34(38)41(45(40)57)47-42(46)53(48)49-44-30(18-20-55-49)32-22-27(50(2,3)4)12-15-36(32)59(44)47/h11-25H,1-10H3. The number of rotatable bonds is 0. The van der Waals surface area contributed by atoms with Gasteiger partial charge in [0.25, 0.3) is 6.71 Å². The van der Waals surface area contributed by atoms with E-state index in [1.165, 1.54) is 110 Å². The number of hydrogen-bond acceptors (Lipinski definition) is 3. The summed E-state index contributed by atoms with van der Waals surface area (Å²) in [6.45, 7) is 22.7. The number of hydrogen-bond donors (Lipinski definition) is 0. The van der Waals surface area contributed by atoms with E-state index < -0.39 is 0 Å². The zero-order chi connectivity index (χ0) is 40.4. The molecule has 0 unspecified atom stereocenters. The molecule has 0 spiro atoms. The van der Waals surface area contributed by atoms with E-state index in [1.54, 1.807) is 0 Å². The first kappa shape index (κ1) is 33.7. The second-order valence-electron chi connectivity index (χ2n) is 20.7. The van der Waals surface area contributed by atoms with E-state index in [9.17, 15) is 0 Å². The molecule has 7 aromatic heterocycles. The quantitative estimate of drug-likeness (QED) is 0.145. The number of aryl methyl sites for hydroxylation is 1. The number of fused-ring (bicyclic) bond motifs is 18. The number of aromatic nitrogens is 6. The van der Waals surface area contributed by atoms with Crippen molar-refractivity contribution in [1.82, 2.24) is 28.5 Å². The minimum Gasteiger partial charge on any atom is -0.308 e. The Morgan fingerprint density at radius 3 is 1.58 bits per heavy atom. The molecule has 59 heavy (non-hydrogen) atoms. The van der Waals surface area contributed by atoms with Gasteiger partial charge >= 0.3 is 0 Å². The molecule has 0 radical (unpaired) electrons. The molecule has 2 aliphatic heterocycles. The van der Waals surface area contributed by atoms with Gasteiger partial charge in [-0.05, 0) is 88.9 Å². The Morgan fingerprint density at radius 2 is 1.00 bits per heavy atom. The molecule has 0 amide bonds. The Balaban J connectivity index is 1.37. The molecule has 0 atom stereocenters. The van der Waals surface area contributed by atoms with Gasteiger partial charge in [-0.25, -0.2) is 0 Å². The van der Waals surface area contributed by atoms with Gasteiger partial charge in [-0.2, -0.15) is 0 Å². The average Bonchev–Trinajstić information content (AvgIpc) is 3.91. The molecule has 0 saturated carbocycles. The molecule has 11 aromatic rings. The van der Waals surface area contributed by atoms with E-state index in [0.29, 0.717) is 0 Å². The molecule has 6 nitrogen and oxygen atoms in total. The van der Waals surface area contributed by atoms with Gasteiger partial charge in [0.1, 0.15) is 0 Å². The van der Waals surface area contributed by atoms with Crippen molar-refractivity contribution in [3.63, 3.8) is 0 Å². The van der Waals surface area contributed by atoms with Crippen LogP contribution in [-0.4, -0.2) is 35.2 Å². The maximum absolute atomic E-state index is 5.41. The van der Waals surface area contributed by atoms with Crippen molar-refractivity contribution < 1.29 is 0 Å². The van der Waals surface area contributed by atoms with E-state index in [0.717, 1.165) is 22.4 Å². The van der Waals surface area contributed by atoms with E-state index in [4.69, 9.17) is 15.0 Å². The summed E-state index contributed by atoms with van der Waals surface area (Å²) in [5, 5.41) is 10.1. The van der Waals surface area contributed by atoms with Crippen LogP contribution >= 0.6 is 0 Å². The summed E-state index contributed by atoms with van der Waals surface area (Å²) >= 11 is 0. The minimum atomic E-state index is -0.179. The maximum Gasteiger partial charge on any atom is 0.298 e. The fourth-order valence-electron chi connectivity index (χ4n) is 11.1. The highest BCUT2D eigenvalue weighted by Crippen LogP contribution is 2.50. The van der Waals surface area contributed by atoms with Crippen LogP contribution in [-0.2, 0) is 16.2 Å². The lowest BCUT2D eigenvalue weighted by Crippen LogP contribution is -2.61. The summed E-state index contributed by atoms with van der Waals surface area (Å²) in [7, 11) is 0. The molecule has 7 heteroatoms. The molecular weight excluding hydrogens is 719 g/mol. The lowest BCUT2D eigenvalue weighted by molar-refractivity contribution is 0.570. The highest BCUT2D eigenvalue weighted by Gasteiger charge is 2.46. The number of nitrogens with zero attached hydrogens (tertiary/aromatic N) is 6. The molecule has 4 aromatic carbocycles. The van der Waals surface area contributed by atoms with Crippen LogP contribution in [0.4, 0.5) is 0 Å². The van der Waals surface area contributed by atoms with Gasteiger partial charge in [-0.3, -0.25) is 15.0 Å². The molecule has 286 valence electrons. The second kappa shape index (κ2) is 10.3. The van der Waals surface area contributed by atoms with Crippen LogP contribution in [0, 0.1) is 6.92 Å². The van der Waals surface area contributed by atoms with E-state index in [2.05, 4.69) is 162 Å². The molecule has 2 aliphatic rings. The number of benzene rings is 4. The third-order valence-corrected chi connectivity index (χ3v) is 13.9. The van der Waals surface area contributed by atoms with Crippen LogP contribution in [0.25, 0.3) is 93.1 Å². The average molecular weight is 765 g/mol. The Hall–Kier alpha value is -6.21. The van der Waals surface area contributed by atoms with E-state index in [1.807, 2.05) is 12.4 Å². The Morgan fingerprint density at radius 1 is 0.475 bits per heavy atom. The molecule has 0 N–H and O–H groups in total. The maximum atomic E-state index is 5.41. The van der Waals surface area contributed by atoms with Gasteiger partial charge in [0, 0.05) is 77.8 Å². The third kappa shape index (κ3) is 3.97. The van der Waals surface area contributed by atoms with Crippen molar-refractivity contribution in [2.75, 3.05) is 0 Å². The Kier molecular flexibility index (Phi) is 5.90. The van der Waals surface area contributed by atoms with Crippen molar-refractivity contribution in [3.8, 4) is 11.4 Å². The van der Waals surface area contributed by atoms with Gasteiger partial charge < -0.3 is 13.5 Å². The molecule has 0 fully saturated rings. The normalized spacial score (nSPS) is 14.2. The third-order valence-electron chi connectivity index (χ3n) is 13.9. The molecular formula is C52H45BN6. The van der Waals surface area contributed by atoms with Crippen molar-refractivity contribution in [2.45, 2.75) is 85.5 Å². The van der Waals surface area contributed by atoms with Crippen molar-refractivity contribution in [3.05, 3.63) is 114 Å². The number of pyridine rings is 3. The topological polar surface area (TPSA) is 52.9 Å². The molecule has 0 saturated heterocycles. The molecule has 0 bridgehead atoms. The summed E-state index contributed by atoms with van der Waals surface area (Å²) in [5.74, 6) is 0. The lowest BCUT2D eigenvalue weighted by Gasteiger charge is -2.33. The van der Waals surface area contributed by atoms with E-state index in [-0.39, 0.29) is 23.0 Å². The molecule has 13 rings (SSSR count). The summed E-state index contributed by atoms with van der Waals surface area (Å²) in [6.07, 6.45) is 6.22. The van der Waals surface area contributed by atoms with Gasteiger partial charge in [0.2, 0.25) is 0 Å². The predicted molar refractivity (Wildman–Crippen MR) is 249 cm³/mol. The second-order valence-corrected chi connectivity index (χ2v) is 20.7. The van der Waals surface area contributed by atoms with Crippen LogP contribution in [0.5, 0.6) is 0 Å². The van der Waals surface area contributed by atoms with Crippen LogP contribution < -0.4 is 16.6 Å². The monoisotopic (exact) mass is 764 g/mol. The first-order valence-electron chi connectivity index (χ1n) is 21.1. The van der Waals surface area contributed by atoms with Crippen molar-refractivity contribution in [1.29, 1.82) is 0 Å². The van der Waals surface area contributed by atoms with Crippen molar-refractivity contribution in [2.24, 2.45) is 0 Å². The predicted octanol–water partition coefficient (Wildman–Crippen LogP) is 10.6. The van der Waals surface area contributed by atoms with E-state index >= 15 is 0 Å². The summed E-state index contributed by atoms with van der Waals surface area (Å²) in [6, 6.07) is 28.2. The lowest BCUT2D eigenvalue weighted by atomic mass is 9.37. The SMILES string of the molecule is Cc1ccc2c(c1)c1ccnc3c1n2-c1c2c(c4c5cc(C(C)(C)C)ncc5n5c6ccc(C(C)(C)C)cc6c1c45)-n1c4ccc(C(C)(C)C)cc4c4ccnc(c41)B23. The Labute approximate surface area is 342 Å². The summed E-state index contributed by atoms with van der Waals surface area (Å²) < 4.78 is 7.72. The highest BCUT2D eigenvalue weighted by molar-refractivity contribution is 6.99. The van der Waals surface area contributed by atoms with Gasteiger partial charge in [0.05, 0.1) is 56.2 Å². The van der Waals surface area contributed by atoms with Crippen LogP contribution in [0.3, 0.4) is 0 Å². The largest absolute Gasteiger partial charge is 0.308 e. The fourth-order valence-corrected chi connectivity index (χ4v) is 11.1. The van der Waals surface area contributed by atoms with Crippen LogP contribution in [0.2, 0.25) is 0 Å². The fraction of sp³-hybridized carbons (Fsp3) is 0.250. The van der Waals surface area contributed by atoms with Crippen molar-refractivity contribution >= 4 is 105 Å². The minimum absolute atomic E-state index is 0.0000744. The van der Waals surface area contributed by atoms with Gasteiger partial charge in [0.15, 0.2) is 0 Å². The highest BCUT2D eigenvalue weighted by atomic mass is 15.1. The Bertz CT molecular complexity index is 3740. The summed E-state index contributed by atoms with van der Waals surface area (Å²) in [4.78, 5) is 16.0. The molecule has 0 aliphatic carbocycles. The summed E-state index contributed by atoms with van der Waals surface area (Å²) in [5.41, 5.74) is 19.1. The molecule has 9 heterocycles. The zero-order valence-corrected chi connectivity index (χ0v) is 35.4. The van der Waals surface area contributed by atoms with Gasteiger partial charge in [-0.15, -0.1) is 0 Å². The first-order chi connectivity index (χ1) is 28.1. The first-order valence-corrected chi connectivity index (χ1v) is 21.1. The van der Waals surface area contributed by atoms with Gasteiger partial charge in [-0.1, -0.05) is 86.1 Å². The van der Waals surface area contributed by atoms with Crippen LogP contribution in [0.15, 0.2) is 91.4 Å².